The number of hydrogen-bond acceptors (Lipinski definition) is 5. The molecule has 6 nitrogen and oxygen atoms in total. The quantitative estimate of drug-likeness (QED) is 0.813. The highest BCUT2D eigenvalue weighted by atomic mass is 35.5. The molecule has 1 fully saturated rings. The molecule has 1 saturated heterocycles. The Labute approximate surface area is 176 Å². The molecule has 0 spiro atoms. The van der Waals surface area contributed by atoms with Gasteiger partial charge in [-0.2, -0.15) is 0 Å². The fourth-order valence-corrected chi connectivity index (χ4v) is 3.90. The summed E-state index contributed by atoms with van der Waals surface area (Å²) in [5, 5.41) is 3.42. The van der Waals surface area contributed by atoms with E-state index >= 15 is 0 Å². The molecule has 2 aromatic carbocycles. The Morgan fingerprint density at radius 3 is 2.52 bits per heavy atom. The SMILES string of the molecule is CN1CCN(Cc2ccc(NC(=O)Cc3cc(Cl)c4c(c3)OCCO4)cc2)CC1. The van der Waals surface area contributed by atoms with Gasteiger partial charge < -0.3 is 19.7 Å². The lowest BCUT2D eigenvalue weighted by molar-refractivity contribution is -0.115. The summed E-state index contributed by atoms with van der Waals surface area (Å²) in [7, 11) is 2.16. The van der Waals surface area contributed by atoms with Gasteiger partial charge in [-0.15, -0.1) is 0 Å². The van der Waals surface area contributed by atoms with E-state index in [4.69, 9.17) is 21.1 Å². The molecule has 0 aliphatic carbocycles. The smallest absolute Gasteiger partial charge is 0.228 e. The van der Waals surface area contributed by atoms with Crippen molar-refractivity contribution in [2.24, 2.45) is 0 Å². The number of ether oxygens (including phenoxy) is 2. The van der Waals surface area contributed by atoms with Crippen molar-refractivity contribution >= 4 is 23.2 Å². The van der Waals surface area contributed by atoms with Crippen LogP contribution in [0.3, 0.4) is 0 Å². The predicted molar refractivity (Wildman–Crippen MR) is 114 cm³/mol. The Morgan fingerprint density at radius 2 is 1.76 bits per heavy atom. The minimum absolute atomic E-state index is 0.0930. The number of nitrogens with zero attached hydrogens (tertiary/aromatic N) is 2. The molecule has 2 aromatic rings. The molecule has 29 heavy (non-hydrogen) atoms. The summed E-state index contributed by atoms with van der Waals surface area (Å²) >= 11 is 6.25. The Kier molecular flexibility index (Phi) is 6.23. The molecule has 7 heteroatoms. The third-order valence-electron chi connectivity index (χ3n) is 5.26. The maximum absolute atomic E-state index is 12.5. The van der Waals surface area contributed by atoms with Gasteiger partial charge in [-0.05, 0) is 42.4 Å². The molecule has 0 unspecified atom stereocenters. The second-order valence-electron chi connectivity index (χ2n) is 7.60. The number of hydrogen-bond donors (Lipinski definition) is 1. The van der Waals surface area contributed by atoms with Crippen molar-refractivity contribution in [3.05, 3.63) is 52.5 Å². The Balaban J connectivity index is 1.32. The van der Waals surface area contributed by atoms with Crippen molar-refractivity contribution in [3.63, 3.8) is 0 Å². The van der Waals surface area contributed by atoms with E-state index in [0.717, 1.165) is 44.0 Å². The minimum atomic E-state index is -0.0930. The van der Waals surface area contributed by atoms with Gasteiger partial charge in [0.1, 0.15) is 13.2 Å². The number of carbonyl (C=O) groups excluding carboxylic acids is 1. The normalized spacial score (nSPS) is 17.2. The highest BCUT2D eigenvalue weighted by molar-refractivity contribution is 6.32. The van der Waals surface area contributed by atoms with Gasteiger partial charge in [-0.3, -0.25) is 9.69 Å². The Bertz CT molecular complexity index is 864. The van der Waals surface area contributed by atoms with Gasteiger partial charge in [-0.1, -0.05) is 23.7 Å². The van der Waals surface area contributed by atoms with Gasteiger partial charge in [0, 0.05) is 38.4 Å². The molecule has 1 N–H and O–H groups in total. The molecule has 0 bridgehead atoms. The topological polar surface area (TPSA) is 54.0 Å². The lowest BCUT2D eigenvalue weighted by atomic mass is 10.1. The van der Waals surface area contributed by atoms with E-state index in [1.807, 2.05) is 18.2 Å². The molecule has 0 atom stereocenters. The standard InChI is InChI=1S/C22H26ClN3O3/c1-25-6-8-26(9-7-25)15-16-2-4-18(5-3-16)24-21(27)14-17-12-19(23)22-20(13-17)28-10-11-29-22/h2-5,12-13H,6-11,14-15H2,1H3,(H,24,27). The van der Waals surface area contributed by atoms with Gasteiger partial charge >= 0.3 is 0 Å². The fraction of sp³-hybridized carbons (Fsp3) is 0.409. The summed E-state index contributed by atoms with van der Waals surface area (Å²) in [5.74, 6) is 1.06. The van der Waals surface area contributed by atoms with E-state index in [0.29, 0.717) is 29.7 Å². The molecule has 154 valence electrons. The second-order valence-corrected chi connectivity index (χ2v) is 8.01. The van der Waals surface area contributed by atoms with Crippen LogP contribution in [0, 0.1) is 0 Å². The van der Waals surface area contributed by atoms with E-state index in [-0.39, 0.29) is 12.3 Å². The molecule has 2 aliphatic heterocycles. The van der Waals surface area contributed by atoms with Crippen LogP contribution in [0.25, 0.3) is 0 Å². The molecule has 0 radical (unpaired) electrons. The summed E-state index contributed by atoms with van der Waals surface area (Å²) in [6.07, 6.45) is 0.222. The predicted octanol–water partition coefficient (Wildman–Crippen LogP) is 3.04. The van der Waals surface area contributed by atoms with Crippen LogP contribution < -0.4 is 14.8 Å². The zero-order valence-corrected chi connectivity index (χ0v) is 17.4. The number of nitrogens with one attached hydrogen (secondary N) is 1. The summed E-state index contributed by atoms with van der Waals surface area (Å²) in [4.78, 5) is 17.3. The number of carbonyl (C=O) groups is 1. The maximum Gasteiger partial charge on any atom is 0.228 e. The number of rotatable bonds is 5. The van der Waals surface area contributed by atoms with E-state index < -0.39 is 0 Å². The van der Waals surface area contributed by atoms with Crippen LogP contribution in [0.5, 0.6) is 11.5 Å². The first kappa shape index (κ1) is 20.0. The average molecular weight is 416 g/mol. The van der Waals surface area contributed by atoms with Gasteiger partial charge in [0.2, 0.25) is 5.91 Å². The maximum atomic E-state index is 12.5. The minimum Gasteiger partial charge on any atom is -0.486 e. The van der Waals surface area contributed by atoms with Crippen LogP contribution in [0.1, 0.15) is 11.1 Å². The Morgan fingerprint density at radius 1 is 1.03 bits per heavy atom. The van der Waals surface area contributed by atoms with Crippen LogP contribution in [0.15, 0.2) is 36.4 Å². The zero-order chi connectivity index (χ0) is 20.2. The number of halogens is 1. The molecular weight excluding hydrogens is 390 g/mol. The lowest BCUT2D eigenvalue weighted by Crippen LogP contribution is -2.43. The molecule has 0 saturated carbocycles. The molecular formula is C22H26ClN3O3. The number of likely N-dealkylation sites (N-methyl/N-ethyl adjacent to an activating group) is 1. The summed E-state index contributed by atoms with van der Waals surface area (Å²) in [6, 6.07) is 11.6. The number of amides is 1. The van der Waals surface area contributed by atoms with Crippen LogP contribution in [-0.4, -0.2) is 62.1 Å². The molecule has 2 heterocycles. The number of anilines is 1. The highest BCUT2D eigenvalue weighted by Gasteiger charge is 2.18. The summed E-state index contributed by atoms with van der Waals surface area (Å²) in [6.45, 7) is 6.31. The zero-order valence-electron chi connectivity index (χ0n) is 16.6. The first-order valence-electron chi connectivity index (χ1n) is 9.94. The number of benzene rings is 2. The first-order chi connectivity index (χ1) is 14.1. The van der Waals surface area contributed by atoms with Crippen LogP contribution in [-0.2, 0) is 17.8 Å². The fourth-order valence-electron chi connectivity index (χ4n) is 3.61. The number of fused-ring (bicyclic) bond motifs is 1. The lowest BCUT2D eigenvalue weighted by Gasteiger charge is -2.32. The third kappa shape index (κ3) is 5.21. The van der Waals surface area contributed by atoms with Crippen molar-refractivity contribution in [1.29, 1.82) is 0 Å². The first-order valence-corrected chi connectivity index (χ1v) is 10.3. The monoisotopic (exact) mass is 415 g/mol. The molecule has 4 rings (SSSR count). The molecule has 2 aliphatic rings. The van der Waals surface area contributed by atoms with Gasteiger partial charge in [0.15, 0.2) is 11.5 Å². The molecule has 1 amide bonds. The van der Waals surface area contributed by atoms with Crippen LogP contribution >= 0.6 is 11.6 Å². The van der Waals surface area contributed by atoms with Gasteiger partial charge in [0.25, 0.3) is 0 Å². The van der Waals surface area contributed by atoms with Crippen molar-refractivity contribution in [2.75, 3.05) is 51.8 Å². The molecule has 0 aromatic heterocycles. The number of piperazine rings is 1. The van der Waals surface area contributed by atoms with E-state index in [9.17, 15) is 4.79 Å². The van der Waals surface area contributed by atoms with E-state index in [2.05, 4.69) is 34.3 Å². The average Bonchev–Trinajstić information content (AvgIpc) is 2.71. The van der Waals surface area contributed by atoms with E-state index in [1.165, 1.54) is 5.56 Å². The van der Waals surface area contributed by atoms with Crippen molar-refractivity contribution in [3.8, 4) is 11.5 Å². The van der Waals surface area contributed by atoms with Gasteiger partial charge in [-0.25, -0.2) is 0 Å². The summed E-state index contributed by atoms with van der Waals surface area (Å²) in [5.41, 5.74) is 2.84. The largest absolute Gasteiger partial charge is 0.486 e. The van der Waals surface area contributed by atoms with Crippen LogP contribution in [0.2, 0.25) is 5.02 Å². The van der Waals surface area contributed by atoms with Crippen molar-refractivity contribution < 1.29 is 14.3 Å². The summed E-state index contributed by atoms with van der Waals surface area (Å²) < 4.78 is 11.1. The third-order valence-corrected chi connectivity index (χ3v) is 5.54. The second kappa shape index (κ2) is 9.03. The Hall–Kier alpha value is -2.28. The van der Waals surface area contributed by atoms with Crippen LogP contribution in [0.4, 0.5) is 5.69 Å². The van der Waals surface area contributed by atoms with Crippen molar-refractivity contribution in [1.82, 2.24) is 9.80 Å². The van der Waals surface area contributed by atoms with E-state index in [1.54, 1.807) is 6.07 Å². The van der Waals surface area contributed by atoms with Crippen molar-refractivity contribution in [2.45, 2.75) is 13.0 Å². The van der Waals surface area contributed by atoms with Gasteiger partial charge in [0.05, 0.1) is 11.4 Å². The highest BCUT2D eigenvalue weighted by Crippen LogP contribution is 2.38.